The van der Waals surface area contributed by atoms with Crippen LogP contribution in [0.15, 0.2) is 30.4 Å². The van der Waals surface area contributed by atoms with Gasteiger partial charge in [-0.15, -0.1) is 11.3 Å². The smallest absolute Gasteiger partial charge is 0.307 e. The van der Waals surface area contributed by atoms with Crippen molar-refractivity contribution in [2.75, 3.05) is 5.32 Å². The summed E-state index contributed by atoms with van der Waals surface area (Å²) in [6.45, 7) is 6.12. The molecule has 2 aliphatic rings. The fourth-order valence-corrected chi connectivity index (χ4v) is 5.15. The Balaban J connectivity index is 1.57. The van der Waals surface area contributed by atoms with Crippen LogP contribution in [-0.2, 0) is 9.59 Å². The number of nitrogens with zero attached hydrogens (tertiary/aromatic N) is 1. The summed E-state index contributed by atoms with van der Waals surface area (Å²) in [5, 5.41) is 13.0. The van der Waals surface area contributed by atoms with Crippen molar-refractivity contribution in [1.29, 1.82) is 0 Å². The fraction of sp³-hybridized carbons (Fsp3) is 0.381. The second-order valence-corrected chi connectivity index (χ2v) is 8.75. The molecule has 140 valence electrons. The van der Waals surface area contributed by atoms with E-state index in [0.29, 0.717) is 5.13 Å². The lowest BCUT2D eigenvalue weighted by Gasteiger charge is -2.23. The number of anilines is 1. The number of carboxylic acid groups (broad SMARTS) is 1. The number of rotatable bonds is 4. The number of carbonyl (C=O) groups excluding carboxylic acids is 1. The van der Waals surface area contributed by atoms with Crippen LogP contribution in [0.4, 0.5) is 5.13 Å². The number of aryl methyl sites for hydroxylation is 3. The van der Waals surface area contributed by atoms with Gasteiger partial charge in [0.05, 0.1) is 17.5 Å². The molecule has 2 bridgehead atoms. The molecule has 1 amide bonds. The maximum atomic E-state index is 12.8. The van der Waals surface area contributed by atoms with Crippen LogP contribution in [-0.4, -0.2) is 22.0 Å². The van der Waals surface area contributed by atoms with Crippen LogP contribution < -0.4 is 5.32 Å². The molecule has 2 aliphatic carbocycles. The number of aromatic nitrogens is 1. The van der Waals surface area contributed by atoms with E-state index in [0.717, 1.165) is 22.6 Å². The lowest BCUT2D eigenvalue weighted by atomic mass is 9.82. The van der Waals surface area contributed by atoms with Gasteiger partial charge in [0, 0.05) is 10.4 Å². The van der Waals surface area contributed by atoms with E-state index in [4.69, 9.17) is 0 Å². The first kappa shape index (κ1) is 17.9. The van der Waals surface area contributed by atoms with Crippen LogP contribution in [0.2, 0.25) is 0 Å². The number of nitrogens with one attached hydrogen (secondary N) is 1. The van der Waals surface area contributed by atoms with Crippen molar-refractivity contribution in [3.05, 3.63) is 46.4 Å². The summed E-state index contributed by atoms with van der Waals surface area (Å²) >= 11 is 1.43. The Kier molecular flexibility index (Phi) is 4.38. The van der Waals surface area contributed by atoms with Crippen molar-refractivity contribution in [2.45, 2.75) is 27.2 Å². The van der Waals surface area contributed by atoms with Crippen LogP contribution >= 0.6 is 11.3 Å². The molecule has 4 rings (SSSR count). The van der Waals surface area contributed by atoms with Crippen molar-refractivity contribution in [2.24, 2.45) is 23.7 Å². The van der Waals surface area contributed by atoms with Crippen LogP contribution in [0.5, 0.6) is 0 Å². The van der Waals surface area contributed by atoms with E-state index < -0.39 is 17.8 Å². The van der Waals surface area contributed by atoms with E-state index in [-0.39, 0.29) is 17.7 Å². The lowest BCUT2D eigenvalue weighted by molar-refractivity contribution is -0.146. The summed E-state index contributed by atoms with van der Waals surface area (Å²) in [5.41, 5.74) is 4.31. The van der Waals surface area contributed by atoms with Crippen LogP contribution in [0, 0.1) is 44.4 Å². The maximum absolute atomic E-state index is 12.8. The van der Waals surface area contributed by atoms with Crippen molar-refractivity contribution < 1.29 is 14.7 Å². The van der Waals surface area contributed by atoms with Gasteiger partial charge in [-0.05, 0) is 56.2 Å². The number of fused-ring (bicyclic) bond motifs is 2. The Morgan fingerprint density at radius 1 is 1.11 bits per heavy atom. The average molecular weight is 382 g/mol. The number of thiazole rings is 1. The molecular weight excluding hydrogens is 360 g/mol. The molecule has 0 aliphatic heterocycles. The van der Waals surface area contributed by atoms with Gasteiger partial charge in [-0.2, -0.15) is 0 Å². The highest BCUT2D eigenvalue weighted by molar-refractivity contribution is 7.16. The minimum absolute atomic E-state index is 0.0105. The minimum Gasteiger partial charge on any atom is -0.481 e. The number of amides is 1. The first-order valence-electron chi connectivity index (χ1n) is 9.12. The largest absolute Gasteiger partial charge is 0.481 e. The molecule has 0 saturated heterocycles. The maximum Gasteiger partial charge on any atom is 0.307 e. The second-order valence-electron chi connectivity index (χ2n) is 7.55. The molecule has 1 heterocycles. The third kappa shape index (κ3) is 3.08. The Hall–Kier alpha value is -2.47. The molecule has 2 N–H and O–H groups in total. The Labute approximate surface area is 162 Å². The quantitative estimate of drug-likeness (QED) is 0.777. The van der Waals surface area contributed by atoms with Crippen LogP contribution in [0.3, 0.4) is 0 Å². The molecule has 4 atom stereocenters. The predicted molar refractivity (Wildman–Crippen MR) is 106 cm³/mol. The number of aliphatic carboxylic acids is 1. The van der Waals surface area contributed by atoms with E-state index in [9.17, 15) is 14.7 Å². The third-order valence-electron chi connectivity index (χ3n) is 5.85. The lowest BCUT2D eigenvalue weighted by Crippen LogP contribution is -2.36. The van der Waals surface area contributed by atoms with Gasteiger partial charge in [0.15, 0.2) is 5.13 Å². The molecule has 1 aromatic carbocycles. The van der Waals surface area contributed by atoms with Crippen LogP contribution in [0.25, 0.3) is 11.3 Å². The van der Waals surface area contributed by atoms with Gasteiger partial charge in [-0.1, -0.05) is 24.3 Å². The summed E-state index contributed by atoms with van der Waals surface area (Å²) in [5.74, 6) is -2.31. The molecule has 0 unspecified atom stereocenters. The van der Waals surface area contributed by atoms with Crippen LogP contribution in [0.1, 0.15) is 22.4 Å². The van der Waals surface area contributed by atoms with Gasteiger partial charge in [0.25, 0.3) is 0 Å². The monoisotopic (exact) mass is 382 g/mol. The van der Waals surface area contributed by atoms with Gasteiger partial charge in [-0.3, -0.25) is 9.59 Å². The minimum atomic E-state index is -0.891. The first-order valence-corrected chi connectivity index (χ1v) is 9.94. The van der Waals surface area contributed by atoms with E-state index in [2.05, 4.69) is 36.3 Å². The molecule has 1 aromatic heterocycles. The number of carboxylic acids is 1. The Bertz CT molecular complexity index is 962. The predicted octanol–water partition coefficient (Wildman–Crippen LogP) is 4.20. The standard InChI is InChI=1S/C21H22N2O3S/c1-10-4-5-15(8-11(10)2)18-12(3)27-21(22-18)23-19(24)16-13-6-7-14(9-13)17(16)20(25)26/h4-8,13-14,16-17H,9H2,1-3H3,(H,25,26)(H,22,23,24)/t13-,14-,16-,17+/m0/s1. The number of allylic oxidation sites excluding steroid dienone is 2. The number of hydrogen-bond acceptors (Lipinski definition) is 4. The van der Waals surface area contributed by atoms with Gasteiger partial charge in [0.2, 0.25) is 5.91 Å². The van der Waals surface area contributed by atoms with Crippen molar-refractivity contribution >= 4 is 28.3 Å². The molecule has 6 heteroatoms. The van der Waals surface area contributed by atoms with E-state index in [1.807, 2.05) is 25.1 Å². The normalized spacial score (nSPS) is 25.7. The zero-order chi connectivity index (χ0) is 19.3. The van der Waals surface area contributed by atoms with Gasteiger partial charge in [0.1, 0.15) is 0 Å². The van der Waals surface area contributed by atoms with Gasteiger partial charge in [-0.25, -0.2) is 4.98 Å². The summed E-state index contributed by atoms with van der Waals surface area (Å²) < 4.78 is 0. The van der Waals surface area contributed by atoms with E-state index in [1.54, 1.807) is 0 Å². The van der Waals surface area contributed by atoms with Crippen molar-refractivity contribution in [3.8, 4) is 11.3 Å². The Morgan fingerprint density at radius 2 is 1.81 bits per heavy atom. The molecule has 0 spiro atoms. The molecule has 5 nitrogen and oxygen atoms in total. The zero-order valence-electron chi connectivity index (χ0n) is 15.5. The molecule has 1 fully saturated rings. The van der Waals surface area contributed by atoms with Gasteiger partial charge < -0.3 is 10.4 Å². The summed E-state index contributed by atoms with van der Waals surface area (Å²) in [4.78, 5) is 30.1. The number of benzene rings is 1. The molecular formula is C21H22N2O3S. The number of hydrogen-bond donors (Lipinski definition) is 2. The highest BCUT2D eigenvalue weighted by Crippen LogP contribution is 2.48. The third-order valence-corrected chi connectivity index (χ3v) is 6.74. The summed E-state index contributed by atoms with van der Waals surface area (Å²) in [6, 6.07) is 6.21. The van der Waals surface area contributed by atoms with Gasteiger partial charge >= 0.3 is 5.97 Å². The highest BCUT2D eigenvalue weighted by atomic mass is 32.1. The second kappa shape index (κ2) is 6.60. The fourth-order valence-electron chi connectivity index (χ4n) is 4.31. The molecule has 2 aromatic rings. The molecule has 0 radical (unpaired) electrons. The zero-order valence-corrected chi connectivity index (χ0v) is 16.3. The van der Waals surface area contributed by atoms with Crippen molar-refractivity contribution in [3.63, 3.8) is 0 Å². The van der Waals surface area contributed by atoms with E-state index >= 15 is 0 Å². The summed E-state index contributed by atoms with van der Waals surface area (Å²) in [7, 11) is 0. The summed E-state index contributed by atoms with van der Waals surface area (Å²) in [6.07, 6.45) is 4.68. The van der Waals surface area contributed by atoms with E-state index in [1.165, 1.54) is 22.5 Å². The number of carbonyl (C=O) groups is 2. The first-order chi connectivity index (χ1) is 12.8. The topological polar surface area (TPSA) is 79.3 Å². The Morgan fingerprint density at radius 3 is 2.48 bits per heavy atom. The average Bonchev–Trinajstić information content (AvgIpc) is 3.31. The molecule has 27 heavy (non-hydrogen) atoms. The molecule has 1 saturated carbocycles. The SMILES string of the molecule is Cc1ccc(-c2nc(NC(=O)[C@@H]3[C@H](C(=O)O)[C@H]4C=C[C@H]3C4)sc2C)cc1C. The van der Waals surface area contributed by atoms with Crippen molar-refractivity contribution in [1.82, 2.24) is 4.98 Å². The highest BCUT2D eigenvalue weighted by Gasteiger charge is 2.51.